The maximum atomic E-state index is 13.9. The van der Waals surface area contributed by atoms with Gasteiger partial charge in [0.2, 0.25) is 5.91 Å². The van der Waals surface area contributed by atoms with Gasteiger partial charge in [-0.1, -0.05) is 103 Å². The van der Waals surface area contributed by atoms with Crippen molar-refractivity contribution in [1.82, 2.24) is 16.0 Å². The normalized spacial score (nSPS) is 12.3. The maximum Gasteiger partial charge on any atom is 0.407 e. The van der Waals surface area contributed by atoms with Crippen molar-refractivity contribution in [1.29, 1.82) is 0 Å². The number of amides is 3. The van der Waals surface area contributed by atoms with E-state index in [1.54, 1.807) is 57.2 Å². The predicted octanol–water partition coefficient (Wildman–Crippen LogP) is 7.14. The zero-order valence-electron chi connectivity index (χ0n) is 29.8. The van der Waals surface area contributed by atoms with E-state index in [1.165, 1.54) is 0 Å². The number of rotatable bonds is 15. The van der Waals surface area contributed by atoms with Gasteiger partial charge in [-0.15, -0.1) is 0 Å². The van der Waals surface area contributed by atoms with Gasteiger partial charge < -0.3 is 25.4 Å². The molecule has 2 unspecified atom stereocenters. The molecule has 9 nitrogen and oxygen atoms in total. The lowest BCUT2D eigenvalue weighted by Gasteiger charge is -2.21. The van der Waals surface area contributed by atoms with Crippen molar-refractivity contribution in [3.8, 4) is 5.75 Å². The minimum atomic E-state index is -0.795. The third-order valence-corrected chi connectivity index (χ3v) is 8.34. The van der Waals surface area contributed by atoms with E-state index in [-0.39, 0.29) is 31.3 Å². The van der Waals surface area contributed by atoms with Crippen molar-refractivity contribution in [3.63, 3.8) is 0 Å². The van der Waals surface area contributed by atoms with Crippen molar-refractivity contribution < 1.29 is 28.7 Å². The number of ether oxygens (including phenoxy) is 2. The van der Waals surface area contributed by atoms with Crippen molar-refractivity contribution in [2.75, 3.05) is 13.1 Å². The van der Waals surface area contributed by atoms with Gasteiger partial charge in [-0.3, -0.25) is 14.4 Å². The molecule has 0 aromatic heterocycles. The van der Waals surface area contributed by atoms with Gasteiger partial charge in [0.15, 0.2) is 11.9 Å². The molecule has 0 aliphatic carbocycles. The summed E-state index contributed by atoms with van der Waals surface area (Å²) >= 11 is 0. The van der Waals surface area contributed by atoms with Gasteiger partial charge in [0, 0.05) is 18.7 Å². The van der Waals surface area contributed by atoms with Crippen LogP contribution in [0.4, 0.5) is 4.79 Å². The fraction of sp³-hybridized carbons (Fsp3) is 0.256. The van der Waals surface area contributed by atoms with Gasteiger partial charge in [-0.2, -0.15) is 0 Å². The highest BCUT2D eigenvalue weighted by atomic mass is 16.6. The smallest absolute Gasteiger partial charge is 0.407 e. The van der Waals surface area contributed by atoms with Crippen LogP contribution in [0.2, 0.25) is 0 Å². The number of fused-ring (bicyclic) bond motifs is 1. The molecule has 0 radical (unpaired) electrons. The van der Waals surface area contributed by atoms with Gasteiger partial charge >= 0.3 is 6.09 Å². The predicted molar refractivity (Wildman–Crippen MR) is 202 cm³/mol. The molecular formula is C43H45N3O6. The summed E-state index contributed by atoms with van der Waals surface area (Å²) in [5.41, 5.74) is 2.22. The van der Waals surface area contributed by atoms with Crippen LogP contribution < -0.4 is 20.7 Å². The molecule has 0 spiro atoms. The van der Waals surface area contributed by atoms with E-state index in [9.17, 15) is 19.2 Å². The largest absolute Gasteiger partial charge is 0.483 e. The molecule has 0 fully saturated rings. The Morgan fingerprint density at radius 2 is 1.35 bits per heavy atom. The summed E-state index contributed by atoms with van der Waals surface area (Å²) < 4.78 is 11.4. The summed E-state index contributed by atoms with van der Waals surface area (Å²) in [6.07, 6.45) is -0.273. The van der Waals surface area contributed by atoms with E-state index in [0.29, 0.717) is 35.3 Å². The molecule has 0 saturated heterocycles. The van der Waals surface area contributed by atoms with Crippen molar-refractivity contribution >= 4 is 34.5 Å². The van der Waals surface area contributed by atoms with E-state index in [0.717, 1.165) is 16.3 Å². The average Bonchev–Trinajstić information content (AvgIpc) is 3.15. The molecule has 0 aliphatic heterocycles. The molecule has 0 saturated carbocycles. The van der Waals surface area contributed by atoms with E-state index in [2.05, 4.69) is 16.0 Å². The van der Waals surface area contributed by atoms with Gasteiger partial charge in [-0.05, 0) is 85.3 Å². The number of alkyl carbamates (subject to hydrolysis) is 1. The topological polar surface area (TPSA) is 123 Å². The summed E-state index contributed by atoms with van der Waals surface area (Å²) in [7, 11) is 0. The third kappa shape index (κ3) is 11.3. The molecule has 0 bridgehead atoms. The molecule has 268 valence electrons. The zero-order valence-corrected chi connectivity index (χ0v) is 29.8. The standard InChI is InChI=1S/C43H45N3O6/c1-43(2,3)52-42(50)46-27-31-15-12-18-35(25-31)40(48)44-28-37(34-23-22-32-16-10-11-17-33(32)26-34)41(49)45-29-38(47)39(51-36-19-8-5-9-20-36)24-21-30-13-6-4-7-14-30/h4-20,22-23,25-26,37,39H,21,24,27-29H2,1-3H3,(H,44,48)(H,45,49)(H,46,50). The van der Waals surface area contributed by atoms with Gasteiger partial charge in [-0.25, -0.2) is 4.79 Å². The SMILES string of the molecule is CC(C)(C)OC(=O)NCc1cccc(C(=O)NCC(C(=O)NCC(=O)C(CCc2ccccc2)Oc2ccccc2)c2ccc3ccccc3c2)c1. The average molecular weight is 700 g/mol. The van der Waals surface area contributed by atoms with Crippen LogP contribution >= 0.6 is 0 Å². The Bertz CT molecular complexity index is 1970. The van der Waals surface area contributed by atoms with Crippen molar-refractivity contribution in [2.45, 2.75) is 57.8 Å². The molecule has 0 heterocycles. The first kappa shape index (κ1) is 37.3. The zero-order chi connectivity index (χ0) is 36.9. The molecular weight excluding hydrogens is 654 g/mol. The summed E-state index contributed by atoms with van der Waals surface area (Å²) in [6, 6.07) is 39.4. The maximum absolute atomic E-state index is 13.9. The lowest BCUT2D eigenvalue weighted by Crippen LogP contribution is -2.42. The van der Waals surface area contributed by atoms with Gasteiger partial charge in [0.05, 0.1) is 12.5 Å². The Morgan fingerprint density at radius 1 is 0.673 bits per heavy atom. The van der Waals surface area contributed by atoms with E-state index >= 15 is 0 Å². The third-order valence-electron chi connectivity index (χ3n) is 8.34. The molecule has 5 aromatic rings. The highest BCUT2D eigenvalue weighted by Gasteiger charge is 2.26. The number of Topliss-reactive ketones (excluding diaryl/α,β-unsaturated/α-hetero) is 1. The number of carbonyl (C=O) groups excluding carboxylic acids is 4. The number of para-hydroxylation sites is 1. The van der Waals surface area contributed by atoms with Crippen LogP contribution in [0.3, 0.4) is 0 Å². The second-order valence-corrected chi connectivity index (χ2v) is 13.6. The summed E-state index contributed by atoms with van der Waals surface area (Å²) in [4.78, 5) is 53.0. The fourth-order valence-electron chi connectivity index (χ4n) is 5.70. The molecule has 3 N–H and O–H groups in total. The van der Waals surface area contributed by atoms with Crippen LogP contribution in [0.5, 0.6) is 5.75 Å². The molecule has 0 aliphatic rings. The Morgan fingerprint density at radius 3 is 2.08 bits per heavy atom. The molecule has 2 atom stereocenters. The number of aryl methyl sites for hydroxylation is 1. The first-order valence-electron chi connectivity index (χ1n) is 17.4. The summed E-state index contributed by atoms with van der Waals surface area (Å²) in [5.74, 6) is -1.27. The fourth-order valence-corrected chi connectivity index (χ4v) is 5.70. The van der Waals surface area contributed by atoms with Crippen molar-refractivity contribution in [3.05, 3.63) is 150 Å². The Kier molecular flexibility index (Phi) is 12.8. The van der Waals surface area contributed by atoms with Crippen LogP contribution in [-0.4, -0.2) is 48.5 Å². The number of hydrogen-bond acceptors (Lipinski definition) is 6. The van der Waals surface area contributed by atoms with Gasteiger partial charge in [0.1, 0.15) is 11.4 Å². The lowest BCUT2D eigenvalue weighted by atomic mass is 9.95. The van der Waals surface area contributed by atoms with Crippen molar-refractivity contribution in [2.24, 2.45) is 0 Å². The van der Waals surface area contributed by atoms with Crippen LogP contribution in [0.1, 0.15) is 60.2 Å². The van der Waals surface area contributed by atoms with E-state index in [1.807, 2.05) is 91.0 Å². The summed E-state index contributed by atoms with van der Waals surface area (Å²) in [6.45, 7) is 5.26. The van der Waals surface area contributed by atoms with E-state index in [4.69, 9.17) is 9.47 Å². The second-order valence-electron chi connectivity index (χ2n) is 13.6. The first-order valence-corrected chi connectivity index (χ1v) is 17.4. The number of benzene rings is 5. The minimum Gasteiger partial charge on any atom is -0.483 e. The number of ketones is 1. The first-order chi connectivity index (χ1) is 25.0. The monoisotopic (exact) mass is 699 g/mol. The molecule has 9 heteroatoms. The molecule has 3 amide bonds. The highest BCUT2D eigenvalue weighted by molar-refractivity contribution is 5.96. The van der Waals surface area contributed by atoms with Crippen LogP contribution in [0.15, 0.2) is 127 Å². The second kappa shape index (κ2) is 17.8. The van der Waals surface area contributed by atoms with Crippen LogP contribution in [0, 0.1) is 0 Å². The number of hydrogen-bond donors (Lipinski definition) is 3. The Hall–Kier alpha value is -5.96. The van der Waals surface area contributed by atoms with E-state index < -0.39 is 29.6 Å². The lowest BCUT2D eigenvalue weighted by molar-refractivity contribution is -0.129. The molecule has 5 aromatic carbocycles. The highest BCUT2D eigenvalue weighted by Crippen LogP contribution is 2.23. The number of nitrogens with one attached hydrogen (secondary N) is 3. The van der Waals surface area contributed by atoms with Gasteiger partial charge in [0.25, 0.3) is 5.91 Å². The molecule has 52 heavy (non-hydrogen) atoms. The summed E-state index contributed by atoms with van der Waals surface area (Å²) in [5, 5.41) is 10.4. The Balaban J connectivity index is 1.28. The quantitative estimate of drug-likeness (QED) is 0.107. The van der Waals surface area contributed by atoms with Crippen LogP contribution in [0.25, 0.3) is 10.8 Å². The molecule has 5 rings (SSSR count). The Labute approximate surface area is 304 Å². The minimum absolute atomic E-state index is 0.0183. The van der Waals surface area contributed by atoms with Crippen LogP contribution in [-0.2, 0) is 27.3 Å². The number of carbonyl (C=O) groups is 4.